The summed E-state index contributed by atoms with van der Waals surface area (Å²) in [5.41, 5.74) is 0.870. The third-order valence-corrected chi connectivity index (χ3v) is 3.61. The van der Waals surface area contributed by atoms with Crippen molar-refractivity contribution in [2.24, 2.45) is 0 Å². The topological polar surface area (TPSA) is 73.9 Å². The molecule has 1 aromatic carbocycles. The quantitative estimate of drug-likeness (QED) is 0.501. The molecule has 1 aliphatic heterocycles. The van der Waals surface area contributed by atoms with Gasteiger partial charge in [-0.3, -0.25) is 0 Å². The molecule has 7 heteroatoms. The summed E-state index contributed by atoms with van der Waals surface area (Å²) in [5, 5.41) is 2.99. The number of halogens is 1. The Morgan fingerprint density at radius 2 is 1.82 bits per heavy atom. The van der Waals surface area contributed by atoms with Gasteiger partial charge in [0.05, 0.1) is 12.8 Å². The lowest BCUT2D eigenvalue weighted by Gasteiger charge is -2.30. The Morgan fingerprint density at radius 1 is 1.23 bits per heavy atom. The molecule has 0 unspecified atom stereocenters. The Kier molecular flexibility index (Phi) is 4.46. The summed E-state index contributed by atoms with van der Waals surface area (Å²) in [6.07, 6.45) is 0. The average Bonchev–Trinajstić information content (AvgIpc) is 2.38. The second-order valence-corrected chi connectivity index (χ2v) is 6.00. The number of hydrogen-bond donors (Lipinski definition) is 1. The van der Waals surface area contributed by atoms with Gasteiger partial charge in [0.1, 0.15) is 5.75 Å². The highest BCUT2D eigenvalue weighted by Gasteiger charge is 2.40. The van der Waals surface area contributed by atoms with Crippen LogP contribution in [0.25, 0.3) is 0 Å². The molecular formula is C15H16BrNO5. The standard InChI is InChI=1S/C15H16BrNO5/c1-8(12-13(18)21-15(2,3)22-14(12)19)17-11-6-5-9(20-4)7-10(11)16/h5-7,17H,1-4H3. The molecule has 0 bridgehead atoms. The van der Waals surface area contributed by atoms with Gasteiger partial charge in [-0.15, -0.1) is 0 Å². The monoisotopic (exact) mass is 369 g/mol. The average molecular weight is 370 g/mol. The molecule has 1 N–H and O–H groups in total. The van der Waals surface area contributed by atoms with Crippen molar-refractivity contribution in [3.8, 4) is 5.75 Å². The predicted octanol–water partition coefficient (Wildman–Crippen LogP) is 2.98. The van der Waals surface area contributed by atoms with Crippen molar-refractivity contribution in [3.63, 3.8) is 0 Å². The lowest BCUT2D eigenvalue weighted by Crippen LogP contribution is -2.42. The second kappa shape index (κ2) is 6.00. The van der Waals surface area contributed by atoms with E-state index in [1.54, 1.807) is 32.2 Å². The summed E-state index contributed by atoms with van der Waals surface area (Å²) < 4.78 is 16.0. The number of benzene rings is 1. The number of esters is 2. The van der Waals surface area contributed by atoms with E-state index >= 15 is 0 Å². The largest absolute Gasteiger partial charge is 0.497 e. The number of ether oxygens (including phenoxy) is 3. The zero-order chi connectivity index (χ0) is 16.5. The Bertz CT molecular complexity index is 644. The van der Waals surface area contributed by atoms with Gasteiger partial charge in [0.2, 0.25) is 0 Å². The molecule has 1 aliphatic rings. The van der Waals surface area contributed by atoms with Gasteiger partial charge in [-0.05, 0) is 41.1 Å². The van der Waals surface area contributed by atoms with Crippen LogP contribution in [-0.4, -0.2) is 24.8 Å². The van der Waals surface area contributed by atoms with E-state index in [2.05, 4.69) is 21.2 Å². The number of hydrogen-bond acceptors (Lipinski definition) is 6. The van der Waals surface area contributed by atoms with Crippen LogP contribution in [0.2, 0.25) is 0 Å². The highest BCUT2D eigenvalue weighted by molar-refractivity contribution is 9.10. The first kappa shape index (κ1) is 16.4. The van der Waals surface area contributed by atoms with Crippen LogP contribution in [0.1, 0.15) is 20.8 Å². The second-order valence-electron chi connectivity index (χ2n) is 5.15. The first-order chi connectivity index (χ1) is 10.2. The van der Waals surface area contributed by atoms with Gasteiger partial charge in [0.25, 0.3) is 5.79 Å². The van der Waals surface area contributed by atoms with E-state index in [0.29, 0.717) is 17.1 Å². The molecule has 22 heavy (non-hydrogen) atoms. The van der Waals surface area contributed by atoms with Crippen molar-refractivity contribution in [1.29, 1.82) is 0 Å². The molecule has 0 radical (unpaired) electrons. The minimum absolute atomic E-state index is 0.151. The number of carbonyl (C=O) groups excluding carboxylic acids is 2. The van der Waals surface area contributed by atoms with E-state index in [9.17, 15) is 9.59 Å². The molecule has 2 rings (SSSR count). The van der Waals surface area contributed by atoms with E-state index in [4.69, 9.17) is 14.2 Å². The predicted molar refractivity (Wildman–Crippen MR) is 83.3 cm³/mol. The summed E-state index contributed by atoms with van der Waals surface area (Å²) in [4.78, 5) is 24.0. The molecule has 0 saturated carbocycles. The van der Waals surface area contributed by atoms with Gasteiger partial charge in [0.15, 0.2) is 5.57 Å². The Morgan fingerprint density at radius 3 is 2.32 bits per heavy atom. The first-order valence-corrected chi connectivity index (χ1v) is 7.31. The van der Waals surface area contributed by atoms with Crippen LogP contribution in [-0.2, 0) is 19.1 Å². The number of cyclic esters (lactones) is 2. The minimum atomic E-state index is -1.25. The molecule has 0 atom stereocenters. The van der Waals surface area contributed by atoms with Crippen LogP contribution in [0.15, 0.2) is 33.9 Å². The highest BCUT2D eigenvalue weighted by Crippen LogP contribution is 2.30. The smallest absolute Gasteiger partial charge is 0.350 e. The van der Waals surface area contributed by atoms with E-state index in [1.807, 2.05) is 0 Å². The number of carbonyl (C=O) groups is 2. The fraction of sp³-hybridized carbons (Fsp3) is 0.333. The van der Waals surface area contributed by atoms with Gasteiger partial charge in [0, 0.05) is 24.0 Å². The Hall–Kier alpha value is -2.02. The molecule has 1 heterocycles. The maximum Gasteiger partial charge on any atom is 0.350 e. The maximum atomic E-state index is 12.0. The fourth-order valence-corrected chi connectivity index (χ4v) is 2.40. The van der Waals surface area contributed by atoms with Crippen molar-refractivity contribution in [1.82, 2.24) is 0 Å². The SMILES string of the molecule is COc1ccc(NC(C)=C2C(=O)OC(C)(C)OC2=O)c(Br)c1. The van der Waals surface area contributed by atoms with E-state index < -0.39 is 17.7 Å². The molecule has 1 saturated heterocycles. The van der Waals surface area contributed by atoms with Crippen LogP contribution >= 0.6 is 15.9 Å². The fourth-order valence-electron chi connectivity index (χ4n) is 1.95. The third kappa shape index (κ3) is 3.41. The van der Waals surface area contributed by atoms with Crippen molar-refractivity contribution in [2.45, 2.75) is 26.6 Å². The highest BCUT2D eigenvalue weighted by atomic mass is 79.9. The molecule has 6 nitrogen and oxygen atoms in total. The van der Waals surface area contributed by atoms with E-state index in [-0.39, 0.29) is 5.57 Å². The normalized spacial score (nSPS) is 16.7. The third-order valence-electron chi connectivity index (χ3n) is 2.96. The number of methoxy groups -OCH3 is 1. The zero-order valence-electron chi connectivity index (χ0n) is 12.7. The molecular weight excluding hydrogens is 354 g/mol. The van der Waals surface area contributed by atoms with E-state index in [0.717, 1.165) is 4.47 Å². The lowest BCUT2D eigenvalue weighted by molar-refractivity contribution is -0.222. The van der Waals surface area contributed by atoms with Crippen molar-refractivity contribution in [2.75, 3.05) is 12.4 Å². The van der Waals surface area contributed by atoms with Crippen molar-refractivity contribution < 1.29 is 23.8 Å². The minimum Gasteiger partial charge on any atom is -0.497 e. The van der Waals surface area contributed by atoms with Gasteiger partial charge in [-0.1, -0.05) is 0 Å². The Balaban J connectivity index is 2.29. The Labute approximate surface area is 136 Å². The van der Waals surface area contributed by atoms with E-state index in [1.165, 1.54) is 13.8 Å². The number of rotatable bonds is 3. The maximum absolute atomic E-state index is 12.0. The number of allylic oxidation sites excluding steroid dienone is 1. The molecule has 1 aromatic rings. The lowest BCUT2D eigenvalue weighted by atomic mass is 10.1. The molecule has 0 aromatic heterocycles. The summed E-state index contributed by atoms with van der Waals surface area (Å²) in [7, 11) is 1.57. The van der Waals surface area contributed by atoms with Gasteiger partial charge >= 0.3 is 11.9 Å². The molecule has 0 amide bonds. The number of anilines is 1. The van der Waals surface area contributed by atoms with Gasteiger partial charge in [-0.25, -0.2) is 9.59 Å². The summed E-state index contributed by atoms with van der Waals surface area (Å²) in [6.45, 7) is 4.61. The summed E-state index contributed by atoms with van der Waals surface area (Å²) in [5.74, 6) is -1.99. The molecule has 0 spiro atoms. The van der Waals surface area contributed by atoms with Crippen molar-refractivity contribution in [3.05, 3.63) is 33.9 Å². The molecule has 118 valence electrons. The zero-order valence-corrected chi connectivity index (χ0v) is 14.2. The van der Waals surface area contributed by atoms with Crippen LogP contribution in [0, 0.1) is 0 Å². The first-order valence-electron chi connectivity index (χ1n) is 6.51. The summed E-state index contributed by atoms with van der Waals surface area (Å²) in [6, 6.07) is 5.28. The van der Waals surface area contributed by atoms with Crippen LogP contribution < -0.4 is 10.1 Å². The van der Waals surface area contributed by atoms with Crippen molar-refractivity contribution >= 4 is 33.6 Å². The number of nitrogens with one attached hydrogen (secondary N) is 1. The van der Waals surface area contributed by atoms with Gasteiger partial charge < -0.3 is 19.5 Å². The van der Waals surface area contributed by atoms with Crippen LogP contribution in [0.5, 0.6) is 5.75 Å². The molecule has 0 aliphatic carbocycles. The molecule has 1 fully saturated rings. The summed E-state index contributed by atoms with van der Waals surface area (Å²) >= 11 is 3.39. The van der Waals surface area contributed by atoms with Crippen LogP contribution in [0.3, 0.4) is 0 Å². The van der Waals surface area contributed by atoms with Gasteiger partial charge in [-0.2, -0.15) is 0 Å². The van der Waals surface area contributed by atoms with Crippen LogP contribution in [0.4, 0.5) is 5.69 Å².